The number of hydrogen-bond acceptors (Lipinski definition) is 6. The van der Waals surface area contributed by atoms with Crippen molar-refractivity contribution in [3.05, 3.63) is 82.4 Å². The van der Waals surface area contributed by atoms with Crippen LogP contribution in [0.3, 0.4) is 0 Å². The van der Waals surface area contributed by atoms with E-state index in [1.165, 1.54) is 18.2 Å². The summed E-state index contributed by atoms with van der Waals surface area (Å²) >= 11 is 0. The number of amides is 1. The predicted molar refractivity (Wildman–Crippen MR) is 105 cm³/mol. The van der Waals surface area contributed by atoms with Crippen LogP contribution in [-0.2, 0) is 11.8 Å². The van der Waals surface area contributed by atoms with Crippen molar-refractivity contribution in [3.63, 3.8) is 0 Å². The van der Waals surface area contributed by atoms with Gasteiger partial charge >= 0.3 is 5.69 Å². The molecule has 9 heteroatoms. The zero-order valence-corrected chi connectivity index (χ0v) is 15.9. The van der Waals surface area contributed by atoms with E-state index < -0.39 is 16.9 Å². The Bertz CT molecular complexity index is 1020. The Balaban J connectivity index is 1.81. The van der Waals surface area contributed by atoms with Gasteiger partial charge in [-0.1, -0.05) is 30.3 Å². The summed E-state index contributed by atoms with van der Waals surface area (Å²) in [6.07, 6.45) is 3.40. The van der Waals surface area contributed by atoms with Crippen molar-refractivity contribution in [2.45, 2.75) is 6.04 Å². The topological polar surface area (TPSA) is 109 Å². The molecule has 0 fully saturated rings. The second-order valence-corrected chi connectivity index (χ2v) is 6.15. The van der Waals surface area contributed by atoms with E-state index in [0.717, 1.165) is 5.56 Å². The Morgan fingerprint density at radius 3 is 2.55 bits per heavy atom. The minimum absolute atomic E-state index is 0.0264. The van der Waals surface area contributed by atoms with Crippen molar-refractivity contribution in [2.24, 2.45) is 7.05 Å². The number of nitro benzene ring substituents is 1. The number of carbonyl (C=O) groups is 1. The van der Waals surface area contributed by atoms with E-state index in [1.54, 1.807) is 36.2 Å². The van der Waals surface area contributed by atoms with Crippen LogP contribution < -0.4 is 14.8 Å². The van der Waals surface area contributed by atoms with Crippen molar-refractivity contribution in [1.29, 1.82) is 0 Å². The summed E-state index contributed by atoms with van der Waals surface area (Å²) in [4.78, 5) is 27.5. The maximum absolute atomic E-state index is 12.6. The van der Waals surface area contributed by atoms with E-state index in [2.05, 4.69) is 10.3 Å². The van der Waals surface area contributed by atoms with Crippen LogP contribution in [0.5, 0.6) is 11.5 Å². The molecule has 1 heterocycles. The number of benzene rings is 2. The average molecular weight is 396 g/mol. The molecule has 29 heavy (non-hydrogen) atoms. The molecule has 1 atom stereocenters. The average Bonchev–Trinajstić information content (AvgIpc) is 3.16. The third-order valence-electron chi connectivity index (χ3n) is 4.29. The number of carbonyl (C=O) groups excluding carboxylic acids is 1. The van der Waals surface area contributed by atoms with Crippen molar-refractivity contribution >= 4 is 11.6 Å². The lowest BCUT2D eigenvalue weighted by Gasteiger charge is -2.21. The number of nitrogens with one attached hydrogen (secondary N) is 1. The monoisotopic (exact) mass is 396 g/mol. The van der Waals surface area contributed by atoms with Crippen LogP contribution in [-0.4, -0.2) is 34.1 Å². The van der Waals surface area contributed by atoms with Crippen LogP contribution in [0.1, 0.15) is 17.4 Å². The van der Waals surface area contributed by atoms with Gasteiger partial charge in [0.25, 0.3) is 5.91 Å². The minimum Gasteiger partial charge on any atom is -0.496 e. The Labute approximate surface area is 167 Å². The normalized spacial score (nSPS) is 11.5. The quantitative estimate of drug-likeness (QED) is 0.463. The summed E-state index contributed by atoms with van der Waals surface area (Å²) in [5.41, 5.74) is 0.522. The molecule has 0 aliphatic heterocycles. The molecule has 3 rings (SSSR count). The van der Waals surface area contributed by atoms with Crippen LogP contribution in [0.4, 0.5) is 5.69 Å². The lowest BCUT2D eigenvalue weighted by Crippen LogP contribution is -2.34. The lowest BCUT2D eigenvalue weighted by atomic mass is 10.0. The second-order valence-electron chi connectivity index (χ2n) is 6.15. The van der Waals surface area contributed by atoms with Gasteiger partial charge in [0, 0.05) is 31.1 Å². The van der Waals surface area contributed by atoms with Gasteiger partial charge in [-0.05, 0) is 12.1 Å². The Morgan fingerprint density at radius 2 is 1.90 bits per heavy atom. The van der Waals surface area contributed by atoms with Crippen LogP contribution in [0.25, 0.3) is 0 Å². The molecule has 3 aromatic rings. The van der Waals surface area contributed by atoms with Crippen LogP contribution in [0.2, 0.25) is 0 Å². The van der Waals surface area contributed by atoms with E-state index in [-0.39, 0.29) is 18.0 Å². The number of para-hydroxylation sites is 3. The maximum atomic E-state index is 12.6. The van der Waals surface area contributed by atoms with Gasteiger partial charge in [-0.2, -0.15) is 0 Å². The van der Waals surface area contributed by atoms with Crippen molar-refractivity contribution < 1.29 is 19.2 Å². The number of nitrogens with zero attached hydrogens (tertiary/aromatic N) is 3. The third kappa shape index (κ3) is 4.52. The van der Waals surface area contributed by atoms with E-state index >= 15 is 0 Å². The molecule has 150 valence electrons. The number of imidazole rings is 1. The lowest BCUT2D eigenvalue weighted by molar-refractivity contribution is -0.385. The Hall–Kier alpha value is -3.88. The standard InChI is InChI=1S/C20H20N4O5/c1-23-12-11-21-20(23)19(14-7-3-5-9-16(14)28-2)22-18(25)13-29-17-10-6-4-8-15(17)24(26)27/h3-12,19H,13H2,1-2H3,(H,22,25). The summed E-state index contributed by atoms with van der Waals surface area (Å²) < 4.78 is 12.6. The predicted octanol–water partition coefficient (Wildman–Crippen LogP) is 2.62. The van der Waals surface area contributed by atoms with E-state index in [1.807, 2.05) is 25.2 Å². The molecule has 0 bridgehead atoms. The van der Waals surface area contributed by atoms with E-state index in [0.29, 0.717) is 11.6 Å². The van der Waals surface area contributed by atoms with Crippen LogP contribution >= 0.6 is 0 Å². The first-order valence-electron chi connectivity index (χ1n) is 8.77. The molecule has 0 aliphatic rings. The highest BCUT2D eigenvalue weighted by Crippen LogP contribution is 2.29. The Morgan fingerprint density at radius 1 is 1.21 bits per heavy atom. The van der Waals surface area contributed by atoms with Gasteiger partial charge in [0.15, 0.2) is 12.4 Å². The smallest absolute Gasteiger partial charge is 0.310 e. The summed E-state index contributed by atoms with van der Waals surface area (Å²) in [7, 11) is 3.37. The zero-order chi connectivity index (χ0) is 20.8. The molecular weight excluding hydrogens is 376 g/mol. The van der Waals surface area contributed by atoms with Crippen molar-refractivity contribution in [2.75, 3.05) is 13.7 Å². The number of methoxy groups -OCH3 is 1. The van der Waals surface area contributed by atoms with Gasteiger partial charge in [0.05, 0.1) is 12.0 Å². The molecule has 1 N–H and O–H groups in total. The first kappa shape index (κ1) is 19.9. The minimum atomic E-state index is -0.590. The number of hydrogen-bond donors (Lipinski definition) is 1. The molecule has 1 amide bonds. The fourth-order valence-electron chi connectivity index (χ4n) is 2.92. The molecular formula is C20H20N4O5. The van der Waals surface area contributed by atoms with E-state index in [9.17, 15) is 14.9 Å². The van der Waals surface area contributed by atoms with Crippen LogP contribution in [0.15, 0.2) is 60.9 Å². The van der Waals surface area contributed by atoms with Crippen molar-refractivity contribution in [1.82, 2.24) is 14.9 Å². The summed E-state index contributed by atoms with van der Waals surface area (Å²) in [5, 5.41) is 14.0. The van der Waals surface area contributed by atoms with Gasteiger partial charge in [0.1, 0.15) is 17.6 Å². The van der Waals surface area contributed by atoms with E-state index in [4.69, 9.17) is 9.47 Å². The largest absolute Gasteiger partial charge is 0.496 e. The van der Waals surface area contributed by atoms with Gasteiger partial charge in [-0.15, -0.1) is 0 Å². The maximum Gasteiger partial charge on any atom is 0.310 e. The molecule has 0 saturated carbocycles. The molecule has 9 nitrogen and oxygen atoms in total. The third-order valence-corrected chi connectivity index (χ3v) is 4.29. The second kappa shape index (κ2) is 8.87. The van der Waals surface area contributed by atoms with Gasteiger partial charge in [-0.3, -0.25) is 14.9 Å². The first-order valence-corrected chi connectivity index (χ1v) is 8.77. The molecule has 0 radical (unpaired) electrons. The number of aromatic nitrogens is 2. The highest BCUT2D eigenvalue weighted by molar-refractivity contribution is 5.78. The fraction of sp³-hybridized carbons (Fsp3) is 0.200. The van der Waals surface area contributed by atoms with Gasteiger partial charge in [-0.25, -0.2) is 4.98 Å². The fourth-order valence-corrected chi connectivity index (χ4v) is 2.92. The summed E-state index contributed by atoms with van der Waals surface area (Å²) in [5.74, 6) is 0.773. The number of aryl methyl sites for hydroxylation is 1. The molecule has 2 aromatic carbocycles. The molecule has 1 unspecified atom stereocenters. The van der Waals surface area contributed by atoms with Crippen molar-refractivity contribution in [3.8, 4) is 11.5 Å². The SMILES string of the molecule is COc1ccccc1C(NC(=O)COc1ccccc1[N+](=O)[O-])c1nccn1C. The Kier molecular flexibility index (Phi) is 6.08. The number of rotatable bonds is 8. The van der Waals surface area contributed by atoms with Gasteiger partial charge < -0.3 is 19.4 Å². The number of ether oxygens (including phenoxy) is 2. The summed E-state index contributed by atoms with van der Waals surface area (Å²) in [6, 6.07) is 12.6. The molecule has 1 aromatic heterocycles. The summed E-state index contributed by atoms with van der Waals surface area (Å²) in [6.45, 7) is -0.388. The molecule has 0 aliphatic carbocycles. The first-order chi connectivity index (χ1) is 14.0. The molecule has 0 saturated heterocycles. The van der Waals surface area contributed by atoms with Gasteiger partial charge in [0.2, 0.25) is 0 Å². The number of nitro groups is 1. The molecule has 0 spiro atoms. The van der Waals surface area contributed by atoms with Crippen LogP contribution in [0, 0.1) is 10.1 Å². The highest BCUT2D eigenvalue weighted by atomic mass is 16.6. The highest BCUT2D eigenvalue weighted by Gasteiger charge is 2.24. The zero-order valence-electron chi connectivity index (χ0n) is 15.9.